The second kappa shape index (κ2) is 5.85. The van der Waals surface area contributed by atoms with Gasteiger partial charge in [0.25, 0.3) is 0 Å². The maximum absolute atomic E-state index is 9.93. The van der Waals surface area contributed by atoms with Gasteiger partial charge in [0.15, 0.2) is 0 Å². The van der Waals surface area contributed by atoms with Gasteiger partial charge in [0, 0.05) is 17.1 Å². The molecule has 1 aliphatic rings. The number of hydrogen-bond donors (Lipinski definition) is 2. The van der Waals surface area contributed by atoms with Crippen molar-refractivity contribution in [2.24, 2.45) is 0 Å². The summed E-state index contributed by atoms with van der Waals surface area (Å²) in [7, 11) is 0. The number of halogens is 1. The number of nitrogens with one attached hydrogen (secondary N) is 1. The van der Waals surface area contributed by atoms with Crippen molar-refractivity contribution >= 4 is 11.6 Å². The summed E-state index contributed by atoms with van der Waals surface area (Å²) in [5.41, 5.74) is 1.21. The van der Waals surface area contributed by atoms with Crippen molar-refractivity contribution in [3.8, 4) is 0 Å². The van der Waals surface area contributed by atoms with E-state index < -0.39 is 0 Å². The molecule has 3 heteroatoms. The molecule has 1 fully saturated rings. The summed E-state index contributed by atoms with van der Waals surface area (Å²) in [6, 6.07) is 8.38. The van der Waals surface area contributed by atoms with E-state index in [2.05, 4.69) is 12.2 Å². The lowest BCUT2D eigenvalue weighted by molar-refractivity contribution is 0.0860. The van der Waals surface area contributed by atoms with Crippen molar-refractivity contribution < 1.29 is 5.11 Å². The third-order valence-electron chi connectivity index (χ3n) is 3.56. The molecule has 0 aromatic heterocycles. The molecule has 1 aromatic carbocycles. The zero-order chi connectivity index (χ0) is 12.3. The standard InChI is InChI=1S/C14H20ClNO/c1-10(11-6-8-12(15)9-7-11)16-13-4-2-3-5-14(13)17/h6-10,13-14,16-17H,2-5H2,1H3/t10-,13-,14-/m0/s1. The summed E-state index contributed by atoms with van der Waals surface area (Å²) < 4.78 is 0. The Hall–Kier alpha value is -0.570. The van der Waals surface area contributed by atoms with Crippen molar-refractivity contribution in [1.29, 1.82) is 0 Å². The van der Waals surface area contributed by atoms with Crippen LogP contribution in [0.2, 0.25) is 5.02 Å². The lowest BCUT2D eigenvalue weighted by Crippen LogP contribution is -2.43. The van der Waals surface area contributed by atoms with Crippen LogP contribution < -0.4 is 5.32 Å². The minimum Gasteiger partial charge on any atom is -0.392 e. The highest BCUT2D eigenvalue weighted by Gasteiger charge is 2.24. The van der Waals surface area contributed by atoms with Gasteiger partial charge < -0.3 is 10.4 Å². The second-order valence-corrected chi connectivity index (χ2v) is 5.33. The zero-order valence-corrected chi connectivity index (χ0v) is 11.0. The van der Waals surface area contributed by atoms with Crippen LogP contribution in [0.15, 0.2) is 24.3 Å². The van der Waals surface area contributed by atoms with Crippen LogP contribution in [0.4, 0.5) is 0 Å². The van der Waals surface area contributed by atoms with E-state index in [1.54, 1.807) is 0 Å². The van der Waals surface area contributed by atoms with Crippen LogP contribution >= 0.6 is 11.6 Å². The Morgan fingerprint density at radius 3 is 2.53 bits per heavy atom. The smallest absolute Gasteiger partial charge is 0.0693 e. The molecule has 0 bridgehead atoms. The third-order valence-corrected chi connectivity index (χ3v) is 3.82. The van der Waals surface area contributed by atoms with Crippen LogP contribution in [0.25, 0.3) is 0 Å². The van der Waals surface area contributed by atoms with Crippen LogP contribution in [-0.4, -0.2) is 17.3 Å². The predicted octanol–water partition coefficient (Wildman–Crippen LogP) is 3.29. The molecule has 17 heavy (non-hydrogen) atoms. The Labute approximate surface area is 108 Å². The summed E-state index contributed by atoms with van der Waals surface area (Å²) >= 11 is 5.87. The number of benzene rings is 1. The van der Waals surface area contributed by atoms with Crippen molar-refractivity contribution in [2.45, 2.75) is 50.8 Å². The van der Waals surface area contributed by atoms with E-state index in [9.17, 15) is 5.11 Å². The van der Waals surface area contributed by atoms with Gasteiger partial charge in [-0.15, -0.1) is 0 Å². The van der Waals surface area contributed by atoms with Crippen LogP contribution in [-0.2, 0) is 0 Å². The fourth-order valence-corrected chi connectivity index (χ4v) is 2.60. The summed E-state index contributed by atoms with van der Waals surface area (Å²) in [4.78, 5) is 0. The molecule has 0 aliphatic heterocycles. The van der Waals surface area contributed by atoms with Crippen molar-refractivity contribution in [1.82, 2.24) is 5.32 Å². The Morgan fingerprint density at radius 2 is 1.88 bits per heavy atom. The molecule has 1 aromatic rings. The van der Waals surface area contributed by atoms with Crippen molar-refractivity contribution in [2.75, 3.05) is 0 Å². The Kier molecular flexibility index (Phi) is 4.43. The minimum atomic E-state index is -0.196. The molecule has 0 radical (unpaired) electrons. The quantitative estimate of drug-likeness (QED) is 0.867. The first-order chi connectivity index (χ1) is 8.16. The minimum absolute atomic E-state index is 0.196. The van der Waals surface area contributed by atoms with Crippen LogP contribution in [0.1, 0.15) is 44.2 Å². The normalized spacial score (nSPS) is 26.8. The molecule has 94 valence electrons. The average Bonchev–Trinajstić information content (AvgIpc) is 2.33. The van der Waals surface area contributed by atoms with E-state index in [0.717, 1.165) is 24.3 Å². The maximum Gasteiger partial charge on any atom is 0.0693 e. The molecule has 0 unspecified atom stereocenters. The Bertz CT molecular complexity index is 352. The fraction of sp³-hybridized carbons (Fsp3) is 0.571. The third kappa shape index (κ3) is 3.44. The number of aliphatic hydroxyl groups is 1. The number of aliphatic hydroxyl groups excluding tert-OH is 1. The largest absolute Gasteiger partial charge is 0.392 e. The fourth-order valence-electron chi connectivity index (χ4n) is 2.47. The summed E-state index contributed by atoms with van der Waals surface area (Å²) in [5.74, 6) is 0. The lowest BCUT2D eigenvalue weighted by Gasteiger charge is -2.31. The summed E-state index contributed by atoms with van der Waals surface area (Å²) in [6.45, 7) is 2.13. The van der Waals surface area contributed by atoms with Crippen LogP contribution in [0.5, 0.6) is 0 Å². The van der Waals surface area contributed by atoms with Gasteiger partial charge in [0.1, 0.15) is 0 Å². The van der Waals surface area contributed by atoms with E-state index in [4.69, 9.17) is 11.6 Å². The Morgan fingerprint density at radius 1 is 1.24 bits per heavy atom. The van der Waals surface area contributed by atoms with Crippen LogP contribution in [0.3, 0.4) is 0 Å². The molecule has 2 rings (SSSR count). The number of rotatable bonds is 3. The monoisotopic (exact) mass is 253 g/mol. The van der Waals surface area contributed by atoms with Gasteiger partial charge in [-0.1, -0.05) is 36.6 Å². The molecule has 2 nitrogen and oxygen atoms in total. The van der Waals surface area contributed by atoms with Gasteiger partial charge in [0.2, 0.25) is 0 Å². The first-order valence-corrected chi connectivity index (χ1v) is 6.74. The van der Waals surface area contributed by atoms with Gasteiger partial charge in [-0.2, -0.15) is 0 Å². The highest BCUT2D eigenvalue weighted by molar-refractivity contribution is 6.30. The molecule has 1 saturated carbocycles. The molecular weight excluding hydrogens is 234 g/mol. The van der Waals surface area contributed by atoms with Crippen molar-refractivity contribution in [3.63, 3.8) is 0 Å². The lowest BCUT2D eigenvalue weighted by atomic mass is 9.91. The van der Waals surface area contributed by atoms with Gasteiger partial charge in [-0.3, -0.25) is 0 Å². The zero-order valence-electron chi connectivity index (χ0n) is 10.2. The maximum atomic E-state index is 9.93. The van der Waals surface area contributed by atoms with Crippen molar-refractivity contribution in [3.05, 3.63) is 34.9 Å². The molecule has 0 amide bonds. The van der Waals surface area contributed by atoms with E-state index in [1.807, 2.05) is 24.3 Å². The molecule has 2 N–H and O–H groups in total. The molecule has 3 atom stereocenters. The van der Waals surface area contributed by atoms with E-state index >= 15 is 0 Å². The first kappa shape index (κ1) is 12.9. The second-order valence-electron chi connectivity index (χ2n) is 4.90. The number of hydrogen-bond acceptors (Lipinski definition) is 2. The summed E-state index contributed by atoms with van der Waals surface area (Å²) in [5, 5.41) is 14.2. The highest BCUT2D eigenvalue weighted by Crippen LogP contribution is 2.22. The van der Waals surface area contributed by atoms with Gasteiger partial charge >= 0.3 is 0 Å². The van der Waals surface area contributed by atoms with E-state index in [-0.39, 0.29) is 18.2 Å². The van der Waals surface area contributed by atoms with Gasteiger partial charge in [0.05, 0.1) is 6.10 Å². The first-order valence-electron chi connectivity index (χ1n) is 6.36. The van der Waals surface area contributed by atoms with E-state index in [1.165, 1.54) is 12.0 Å². The molecule has 0 heterocycles. The SMILES string of the molecule is C[C@H](N[C@H]1CCCC[C@@H]1O)c1ccc(Cl)cc1. The average molecular weight is 254 g/mol. The topological polar surface area (TPSA) is 32.3 Å². The molecule has 0 spiro atoms. The molecule has 0 saturated heterocycles. The van der Waals surface area contributed by atoms with Gasteiger partial charge in [-0.25, -0.2) is 0 Å². The van der Waals surface area contributed by atoms with E-state index in [0.29, 0.717) is 0 Å². The predicted molar refractivity (Wildman–Crippen MR) is 71.3 cm³/mol. The molecular formula is C14H20ClNO. The highest BCUT2D eigenvalue weighted by atomic mass is 35.5. The molecule has 1 aliphatic carbocycles. The van der Waals surface area contributed by atoms with Crippen LogP contribution in [0, 0.1) is 0 Å². The Balaban J connectivity index is 1.95. The van der Waals surface area contributed by atoms with Gasteiger partial charge in [-0.05, 0) is 37.5 Å². The summed E-state index contributed by atoms with van der Waals surface area (Å²) in [6.07, 6.45) is 4.15.